The lowest BCUT2D eigenvalue weighted by Gasteiger charge is -2.09. The van der Waals surface area contributed by atoms with Crippen LogP contribution < -0.4 is 10.6 Å². The molecule has 0 aliphatic heterocycles. The van der Waals surface area contributed by atoms with Crippen LogP contribution in [0.15, 0.2) is 54.9 Å². The van der Waals surface area contributed by atoms with Crippen molar-refractivity contribution in [2.24, 2.45) is 0 Å². The fourth-order valence-electron chi connectivity index (χ4n) is 2.50. The van der Waals surface area contributed by atoms with Gasteiger partial charge in [0.25, 0.3) is 5.91 Å². The summed E-state index contributed by atoms with van der Waals surface area (Å²) in [4.78, 5) is 21.2. The third kappa shape index (κ3) is 4.30. The Labute approximate surface area is 146 Å². The lowest BCUT2D eigenvalue weighted by atomic mass is 10.1. The second-order valence-corrected chi connectivity index (χ2v) is 5.54. The van der Waals surface area contributed by atoms with Crippen molar-refractivity contribution in [1.29, 1.82) is 0 Å². The maximum atomic E-state index is 12.6. The van der Waals surface area contributed by atoms with Crippen molar-refractivity contribution in [3.05, 3.63) is 60.4 Å². The fraction of sp³-hybridized carbons (Fsp3) is 0.211. The van der Waals surface area contributed by atoms with E-state index in [2.05, 4.69) is 20.6 Å². The molecule has 1 amide bonds. The van der Waals surface area contributed by atoms with E-state index in [4.69, 9.17) is 4.74 Å². The van der Waals surface area contributed by atoms with E-state index in [-0.39, 0.29) is 5.91 Å². The SMILES string of the molecule is COCCCNc1cc(C(=O)Nc2cccc3cccnc23)ccn1. The molecule has 0 radical (unpaired) electrons. The number of aromatic nitrogens is 2. The number of hydrogen-bond donors (Lipinski definition) is 2. The molecule has 0 unspecified atom stereocenters. The monoisotopic (exact) mass is 336 g/mol. The topological polar surface area (TPSA) is 76.1 Å². The number of carbonyl (C=O) groups is 1. The number of ether oxygens (including phenoxy) is 1. The van der Waals surface area contributed by atoms with Crippen molar-refractivity contribution in [2.75, 3.05) is 30.9 Å². The first-order valence-electron chi connectivity index (χ1n) is 8.12. The summed E-state index contributed by atoms with van der Waals surface area (Å²) in [6.07, 6.45) is 4.21. The van der Waals surface area contributed by atoms with Gasteiger partial charge in [0.2, 0.25) is 0 Å². The number of carbonyl (C=O) groups excluding carboxylic acids is 1. The average Bonchev–Trinajstić information content (AvgIpc) is 2.66. The molecule has 2 N–H and O–H groups in total. The minimum Gasteiger partial charge on any atom is -0.385 e. The summed E-state index contributed by atoms with van der Waals surface area (Å²) in [6.45, 7) is 1.42. The molecule has 0 aliphatic carbocycles. The maximum Gasteiger partial charge on any atom is 0.255 e. The highest BCUT2D eigenvalue weighted by molar-refractivity contribution is 6.08. The molecule has 2 aromatic heterocycles. The van der Waals surface area contributed by atoms with E-state index in [1.165, 1.54) is 0 Å². The predicted octanol–water partition coefficient (Wildman–Crippen LogP) is 3.33. The van der Waals surface area contributed by atoms with Gasteiger partial charge in [-0.25, -0.2) is 4.98 Å². The maximum absolute atomic E-state index is 12.6. The zero-order chi connectivity index (χ0) is 17.5. The number of nitrogens with zero attached hydrogens (tertiary/aromatic N) is 2. The summed E-state index contributed by atoms with van der Waals surface area (Å²) < 4.78 is 5.01. The second-order valence-electron chi connectivity index (χ2n) is 5.54. The third-order valence-corrected chi connectivity index (χ3v) is 3.73. The highest BCUT2D eigenvalue weighted by Crippen LogP contribution is 2.21. The van der Waals surface area contributed by atoms with Gasteiger partial charge in [0.1, 0.15) is 5.82 Å². The largest absolute Gasteiger partial charge is 0.385 e. The molecule has 0 saturated carbocycles. The van der Waals surface area contributed by atoms with Crippen LogP contribution in [0.25, 0.3) is 10.9 Å². The van der Waals surface area contributed by atoms with E-state index in [1.54, 1.807) is 31.6 Å². The smallest absolute Gasteiger partial charge is 0.255 e. The van der Waals surface area contributed by atoms with Crippen LogP contribution in [-0.2, 0) is 4.74 Å². The van der Waals surface area contributed by atoms with Crippen LogP contribution in [0.2, 0.25) is 0 Å². The summed E-state index contributed by atoms with van der Waals surface area (Å²) in [5, 5.41) is 7.09. The number of fused-ring (bicyclic) bond motifs is 1. The molecule has 0 fully saturated rings. The lowest BCUT2D eigenvalue weighted by Crippen LogP contribution is -2.13. The van der Waals surface area contributed by atoms with Gasteiger partial charge in [-0.05, 0) is 30.7 Å². The molecule has 25 heavy (non-hydrogen) atoms. The highest BCUT2D eigenvalue weighted by atomic mass is 16.5. The van der Waals surface area contributed by atoms with Crippen LogP contribution in [0.4, 0.5) is 11.5 Å². The van der Waals surface area contributed by atoms with Crippen molar-refractivity contribution in [1.82, 2.24) is 9.97 Å². The van der Waals surface area contributed by atoms with Gasteiger partial charge in [-0.2, -0.15) is 0 Å². The Bertz CT molecular complexity index is 861. The quantitative estimate of drug-likeness (QED) is 0.647. The van der Waals surface area contributed by atoms with Gasteiger partial charge >= 0.3 is 0 Å². The number of nitrogens with one attached hydrogen (secondary N) is 2. The standard InChI is InChI=1S/C19H20N4O2/c1-25-12-4-10-20-17-13-15(8-11-21-17)19(24)23-16-7-2-5-14-6-3-9-22-18(14)16/h2-3,5-9,11,13H,4,10,12H2,1H3,(H,20,21)(H,23,24). The Morgan fingerprint density at radius 3 is 2.88 bits per heavy atom. The van der Waals surface area contributed by atoms with Crippen LogP contribution in [0.5, 0.6) is 0 Å². The van der Waals surface area contributed by atoms with Crippen molar-refractivity contribution < 1.29 is 9.53 Å². The lowest BCUT2D eigenvalue weighted by molar-refractivity contribution is 0.102. The first-order chi connectivity index (χ1) is 12.3. The molecule has 0 atom stereocenters. The number of hydrogen-bond acceptors (Lipinski definition) is 5. The minimum atomic E-state index is -0.194. The van der Waals surface area contributed by atoms with E-state index in [0.717, 1.165) is 23.9 Å². The van der Waals surface area contributed by atoms with E-state index >= 15 is 0 Å². The Hall–Kier alpha value is -2.99. The van der Waals surface area contributed by atoms with Gasteiger partial charge in [0.05, 0.1) is 11.2 Å². The number of rotatable bonds is 7. The van der Waals surface area contributed by atoms with Crippen LogP contribution >= 0.6 is 0 Å². The summed E-state index contributed by atoms with van der Waals surface area (Å²) in [6, 6.07) is 13.0. The summed E-state index contributed by atoms with van der Waals surface area (Å²) in [7, 11) is 1.67. The van der Waals surface area contributed by atoms with Gasteiger partial charge < -0.3 is 15.4 Å². The van der Waals surface area contributed by atoms with E-state index < -0.39 is 0 Å². The molecular formula is C19H20N4O2. The number of para-hydroxylation sites is 1. The first-order valence-corrected chi connectivity index (χ1v) is 8.12. The normalized spacial score (nSPS) is 10.6. The molecule has 0 saturated heterocycles. The molecule has 6 nitrogen and oxygen atoms in total. The van der Waals surface area contributed by atoms with Gasteiger partial charge in [-0.15, -0.1) is 0 Å². The Balaban J connectivity index is 1.72. The second kappa shape index (κ2) is 8.21. The minimum absolute atomic E-state index is 0.194. The predicted molar refractivity (Wildman–Crippen MR) is 98.9 cm³/mol. The molecule has 3 aromatic rings. The fourth-order valence-corrected chi connectivity index (χ4v) is 2.50. The summed E-state index contributed by atoms with van der Waals surface area (Å²) >= 11 is 0. The van der Waals surface area contributed by atoms with Gasteiger partial charge in [-0.1, -0.05) is 18.2 Å². The molecule has 0 aliphatic rings. The molecule has 3 rings (SSSR count). The molecule has 0 bridgehead atoms. The van der Waals surface area contributed by atoms with Crippen LogP contribution in [0, 0.1) is 0 Å². The summed E-state index contributed by atoms with van der Waals surface area (Å²) in [5.41, 5.74) is 2.00. The van der Waals surface area contributed by atoms with Crippen molar-refractivity contribution in [2.45, 2.75) is 6.42 Å². The van der Waals surface area contributed by atoms with Gasteiger partial charge in [-0.3, -0.25) is 9.78 Å². The molecule has 6 heteroatoms. The highest BCUT2D eigenvalue weighted by Gasteiger charge is 2.10. The number of benzene rings is 1. The number of anilines is 2. The molecule has 128 valence electrons. The Kier molecular flexibility index (Phi) is 5.53. The zero-order valence-electron chi connectivity index (χ0n) is 14.0. The molecule has 1 aromatic carbocycles. The molecule has 2 heterocycles. The third-order valence-electron chi connectivity index (χ3n) is 3.73. The van der Waals surface area contributed by atoms with Crippen molar-refractivity contribution in [3.8, 4) is 0 Å². The van der Waals surface area contributed by atoms with Gasteiger partial charge in [0, 0.05) is 43.6 Å². The van der Waals surface area contributed by atoms with Crippen molar-refractivity contribution in [3.63, 3.8) is 0 Å². The number of pyridine rings is 2. The first kappa shape index (κ1) is 16.9. The van der Waals surface area contributed by atoms with Gasteiger partial charge in [0.15, 0.2) is 0 Å². The Morgan fingerprint density at radius 2 is 2.00 bits per heavy atom. The van der Waals surface area contributed by atoms with E-state index in [9.17, 15) is 4.79 Å². The van der Waals surface area contributed by atoms with Crippen molar-refractivity contribution >= 4 is 28.3 Å². The number of amides is 1. The zero-order valence-corrected chi connectivity index (χ0v) is 14.0. The average molecular weight is 336 g/mol. The van der Waals surface area contributed by atoms with Crippen LogP contribution in [-0.4, -0.2) is 36.1 Å². The van der Waals surface area contributed by atoms with Crippen LogP contribution in [0.3, 0.4) is 0 Å². The molecular weight excluding hydrogens is 316 g/mol. The Morgan fingerprint density at radius 1 is 1.12 bits per heavy atom. The summed E-state index contributed by atoms with van der Waals surface area (Å²) in [5.74, 6) is 0.472. The van der Waals surface area contributed by atoms with Crippen LogP contribution in [0.1, 0.15) is 16.8 Å². The van der Waals surface area contributed by atoms with E-state index in [0.29, 0.717) is 23.7 Å². The molecule has 0 spiro atoms. The number of methoxy groups -OCH3 is 1. The van der Waals surface area contributed by atoms with E-state index in [1.807, 2.05) is 30.3 Å².